The maximum atomic E-state index is 13.2. The molecule has 9 nitrogen and oxygen atoms in total. The van der Waals surface area contributed by atoms with Crippen LogP contribution in [0.25, 0.3) is 10.8 Å². The molecule has 2 atom stereocenters. The molecule has 3 aromatic rings. The third-order valence-electron chi connectivity index (χ3n) is 5.71. The maximum Gasteiger partial charge on any atom is 0.294 e. The van der Waals surface area contributed by atoms with E-state index in [0.29, 0.717) is 16.5 Å². The Morgan fingerprint density at radius 2 is 1.94 bits per heavy atom. The van der Waals surface area contributed by atoms with Gasteiger partial charge in [-0.1, -0.05) is 52.3 Å². The Hall–Kier alpha value is -3.79. The number of nitrogens with zero attached hydrogens (tertiary/aromatic N) is 2. The predicted molar refractivity (Wildman–Crippen MR) is 133 cm³/mol. The predicted octanol–water partition coefficient (Wildman–Crippen LogP) is 4.19. The number of anilines is 1. The van der Waals surface area contributed by atoms with Crippen LogP contribution in [-0.2, 0) is 0 Å². The summed E-state index contributed by atoms with van der Waals surface area (Å²) in [4.78, 5) is 41.1. The number of allylic oxidation sites excluding steroid dienone is 1. The highest BCUT2D eigenvalue weighted by Gasteiger charge is 2.30. The quantitative estimate of drug-likeness (QED) is 0.252. The molecule has 0 saturated heterocycles. The molecule has 0 aliphatic heterocycles. The van der Waals surface area contributed by atoms with Crippen molar-refractivity contribution in [2.45, 2.75) is 24.9 Å². The van der Waals surface area contributed by atoms with Crippen LogP contribution in [0.2, 0.25) is 0 Å². The molecule has 1 aliphatic rings. The number of hydrogen-bond donors (Lipinski definition) is 3. The molecule has 0 fully saturated rings. The Balaban J connectivity index is 1.65. The van der Waals surface area contributed by atoms with Gasteiger partial charge in [0.25, 0.3) is 17.5 Å². The first kappa shape index (κ1) is 23.4. The van der Waals surface area contributed by atoms with Gasteiger partial charge in [-0.25, -0.2) is 0 Å². The van der Waals surface area contributed by atoms with Crippen LogP contribution < -0.4 is 16.0 Å². The Kier molecular flexibility index (Phi) is 6.87. The van der Waals surface area contributed by atoms with Crippen LogP contribution in [0.3, 0.4) is 0 Å². The topological polar surface area (TPSA) is 126 Å². The SMILES string of the molecule is CNC(=O)c1cc(Br)cc([N+](=O)[O-])c1N[C@@H]1C=CCC[C@@H]1NC(=O)c1cncc2ccccc12. The second-order valence-corrected chi connectivity index (χ2v) is 8.76. The number of hydrogen-bond acceptors (Lipinski definition) is 6. The van der Waals surface area contributed by atoms with Gasteiger partial charge in [0.2, 0.25) is 0 Å². The lowest BCUT2D eigenvalue weighted by Gasteiger charge is -2.30. The van der Waals surface area contributed by atoms with Crippen molar-refractivity contribution in [2.75, 3.05) is 12.4 Å². The van der Waals surface area contributed by atoms with E-state index in [9.17, 15) is 19.7 Å². The van der Waals surface area contributed by atoms with E-state index in [1.54, 1.807) is 6.20 Å². The Morgan fingerprint density at radius 3 is 2.71 bits per heavy atom. The highest BCUT2D eigenvalue weighted by atomic mass is 79.9. The number of carbonyl (C=O) groups is 2. The molecule has 174 valence electrons. The first-order valence-corrected chi connectivity index (χ1v) is 11.4. The summed E-state index contributed by atoms with van der Waals surface area (Å²) >= 11 is 3.24. The molecule has 1 aromatic heterocycles. The number of nitro groups is 1. The molecule has 0 spiro atoms. The van der Waals surface area contributed by atoms with Gasteiger partial charge < -0.3 is 16.0 Å². The highest BCUT2D eigenvalue weighted by Crippen LogP contribution is 2.34. The fourth-order valence-corrected chi connectivity index (χ4v) is 4.50. The summed E-state index contributed by atoms with van der Waals surface area (Å²) in [5.41, 5.74) is 0.434. The molecule has 0 unspecified atom stereocenters. The largest absolute Gasteiger partial charge is 0.371 e. The third-order valence-corrected chi connectivity index (χ3v) is 6.17. The van der Waals surface area contributed by atoms with Gasteiger partial charge in [0.15, 0.2) is 0 Å². The third kappa shape index (κ3) is 4.76. The number of halogens is 1. The van der Waals surface area contributed by atoms with Crippen molar-refractivity contribution in [2.24, 2.45) is 0 Å². The van der Waals surface area contributed by atoms with Gasteiger partial charge in [-0.2, -0.15) is 0 Å². The molecular weight excluding hydrogens is 502 g/mol. The molecule has 0 saturated carbocycles. The lowest BCUT2D eigenvalue weighted by molar-refractivity contribution is -0.384. The zero-order valence-electron chi connectivity index (χ0n) is 18.2. The summed E-state index contributed by atoms with van der Waals surface area (Å²) in [7, 11) is 1.46. The van der Waals surface area contributed by atoms with Crippen molar-refractivity contribution in [1.29, 1.82) is 0 Å². The van der Waals surface area contributed by atoms with Crippen LogP contribution in [-0.4, -0.2) is 40.9 Å². The van der Waals surface area contributed by atoms with E-state index in [0.717, 1.165) is 17.2 Å². The zero-order chi connectivity index (χ0) is 24.2. The molecule has 1 heterocycles. The van der Waals surface area contributed by atoms with Gasteiger partial charge in [-0.15, -0.1) is 0 Å². The lowest BCUT2D eigenvalue weighted by Crippen LogP contribution is -2.47. The number of nitrogens with one attached hydrogen (secondary N) is 3. The van der Waals surface area contributed by atoms with Crippen LogP contribution in [0.15, 0.2) is 65.4 Å². The average Bonchev–Trinajstić information content (AvgIpc) is 2.84. The zero-order valence-corrected chi connectivity index (χ0v) is 19.8. The first-order valence-electron chi connectivity index (χ1n) is 10.7. The number of amides is 2. The van der Waals surface area contributed by atoms with E-state index < -0.39 is 16.9 Å². The summed E-state index contributed by atoms with van der Waals surface area (Å²) in [5.74, 6) is -0.748. The molecule has 10 heteroatoms. The second-order valence-electron chi connectivity index (χ2n) is 7.85. The van der Waals surface area contributed by atoms with E-state index in [2.05, 4.69) is 36.9 Å². The summed E-state index contributed by atoms with van der Waals surface area (Å²) in [5, 5.41) is 22.1. The Bertz CT molecular complexity index is 1300. The number of fused-ring (bicyclic) bond motifs is 1. The van der Waals surface area contributed by atoms with Crippen LogP contribution >= 0.6 is 15.9 Å². The van der Waals surface area contributed by atoms with Gasteiger partial charge in [0.05, 0.1) is 28.1 Å². The van der Waals surface area contributed by atoms with Gasteiger partial charge in [-0.3, -0.25) is 24.7 Å². The highest BCUT2D eigenvalue weighted by molar-refractivity contribution is 9.10. The Labute approximate surface area is 203 Å². The minimum atomic E-state index is -0.540. The molecule has 1 aliphatic carbocycles. The monoisotopic (exact) mass is 523 g/mol. The minimum Gasteiger partial charge on any atom is -0.371 e. The summed E-state index contributed by atoms with van der Waals surface area (Å²) in [6.07, 6.45) is 8.40. The number of benzene rings is 2. The van der Waals surface area contributed by atoms with Gasteiger partial charge in [0.1, 0.15) is 5.69 Å². The van der Waals surface area contributed by atoms with E-state index in [4.69, 9.17) is 0 Å². The molecule has 4 rings (SSSR count). The Morgan fingerprint density at radius 1 is 1.15 bits per heavy atom. The summed E-state index contributed by atoms with van der Waals surface area (Å²) < 4.78 is 0.413. The summed E-state index contributed by atoms with van der Waals surface area (Å²) in [6.45, 7) is 0. The molecule has 0 radical (unpaired) electrons. The van der Waals surface area contributed by atoms with Crippen LogP contribution in [0, 0.1) is 10.1 Å². The van der Waals surface area contributed by atoms with Crippen molar-refractivity contribution >= 4 is 49.9 Å². The fraction of sp³-hybridized carbons (Fsp3) is 0.208. The maximum absolute atomic E-state index is 13.2. The number of aromatic nitrogens is 1. The van der Waals surface area contributed by atoms with E-state index in [-0.39, 0.29) is 28.9 Å². The number of nitro benzene ring substituents is 1. The molecule has 2 amide bonds. The van der Waals surface area contributed by atoms with Crippen molar-refractivity contribution in [3.63, 3.8) is 0 Å². The molecule has 0 bridgehead atoms. The minimum absolute atomic E-state index is 0.0928. The van der Waals surface area contributed by atoms with Crippen LogP contribution in [0.5, 0.6) is 0 Å². The van der Waals surface area contributed by atoms with E-state index in [1.165, 1.54) is 25.4 Å². The summed E-state index contributed by atoms with van der Waals surface area (Å²) in [6, 6.07) is 9.53. The van der Waals surface area contributed by atoms with Crippen LogP contribution in [0.4, 0.5) is 11.4 Å². The van der Waals surface area contributed by atoms with Gasteiger partial charge >= 0.3 is 0 Å². The fourth-order valence-electron chi connectivity index (χ4n) is 4.06. The number of carbonyl (C=O) groups excluding carboxylic acids is 2. The molecular formula is C24H22BrN5O4. The standard InChI is InChI=1S/C24H22BrN5O4/c1-26-23(31)17-10-15(25)11-21(30(33)34)22(17)28-19-8-4-5-9-20(19)29-24(32)18-13-27-12-14-6-2-3-7-16(14)18/h2-4,6-8,10-13,19-20,28H,5,9H2,1H3,(H,26,31)(H,29,32)/t19-,20+/m1/s1. The van der Waals surface area contributed by atoms with E-state index >= 15 is 0 Å². The van der Waals surface area contributed by atoms with Crippen molar-refractivity contribution < 1.29 is 14.5 Å². The van der Waals surface area contributed by atoms with Crippen molar-refractivity contribution in [3.05, 3.63) is 86.7 Å². The van der Waals surface area contributed by atoms with Gasteiger partial charge in [0, 0.05) is 35.4 Å². The molecule has 34 heavy (non-hydrogen) atoms. The lowest BCUT2D eigenvalue weighted by atomic mass is 9.95. The molecule has 2 aromatic carbocycles. The van der Waals surface area contributed by atoms with Gasteiger partial charge in [-0.05, 0) is 24.3 Å². The van der Waals surface area contributed by atoms with Crippen LogP contribution in [0.1, 0.15) is 33.6 Å². The first-order chi connectivity index (χ1) is 16.4. The number of rotatable bonds is 6. The molecule has 3 N–H and O–H groups in total. The van der Waals surface area contributed by atoms with Crippen molar-refractivity contribution in [3.8, 4) is 0 Å². The normalized spacial score (nSPS) is 17.2. The second kappa shape index (κ2) is 10.0. The van der Waals surface area contributed by atoms with E-state index in [1.807, 2.05) is 36.4 Å². The van der Waals surface area contributed by atoms with Crippen molar-refractivity contribution in [1.82, 2.24) is 15.6 Å². The smallest absolute Gasteiger partial charge is 0.294 e. The average molecular weight is 524 g/mol. The number of pyridine rings is 1.